The molecular formula is C12H22N2O3. The van der Waals surface area contributed by atoms with E-state index in [0.717, 1.165) is 26.1 Å². The van der Waals surface area contributed by atoms with Crippen LogP contribution in [0.4, 0.5) is 0 Å². The SMILES string of the molecule is CC(=O)CCC(=O)N1CCCN(CCO)CC1. The van der Waals surface area contributed by atoms with Gasteiger partial charge in [0.15, 0.2) is 0 Å². The first-order valence-electron chi connectivity index (χ1n) is 6.24. The van der Waals surface area contributed by atoms with Gasteiger partial charge in [-0.25, -0.2) is 0 Å². The normalized spacial score (nSPS) is 17.9. The molecule has 1 fully saturated rings. The number of aliphatic hydroxyl groups is 1. The fourth-order valence-electron chi connectivity index (χ4n) is 2.03. The molecule has 1 heterocycles. The molecule has 0 saturated carbocycles. The minimum absolute atomic E-state index is 0.0649. The summed E-state index contributed by atoms with van der Waals surface area (Å²) in [4.78, 5) is 26.7. The van der Waals surface area contributed by atoms with E-state index >= 15 is 0 Å². The lowest BCUT2D eigenvalue weighted by Gasteiger charge is -2.21. The molecule has 1 saturated heterocycles. The van der Waals surface area contributed by atoms with Gasteiger partial charge in [0.05, 0.1) is 6.61 Å². The van der Waals surface area contributed by atoms with Gasteiger partial charge in [0, 0.05) is 39.0 Å². The highest BCUT2D eigenvalue weighted by atomic mass is 16.3. The second kappa shape index (κ2) is 7.40. The summed E-state index contributed by atoms with van der Waals surface area (Å²) in [5, 5.41) is 8.87. The van der Waals surface area contributed by atoms with E-state index in [-0.39, 0.29) is 18.3 Å². The third kappa shape index (κ3) is 5.28. The van der Waals surface area contributed by atoms with Crippen molar-refractivity contribution in [1.82, 2.24) is 9.80 Å². The average molecular weight is 242 g/mol. The van der Waals surface area contributed by atoms with Crippen molar-refractivity contribution >= 4 is 11.7 Å². The van der Waals surface area contributed by atoms with Crippen LogP contribution in [-0.4, -0.2) is 65.9 Å². The van der Waals surface area contributed by atoms with Gasteiger partial charge in [-0.05, 0) is 19.9 Å². The predicted octanol–water partition coefficient (Wildman–Crippen LogP) is -0.118. The second-order valence-electron chi connectivity index (χ2n) is 4.50. The number of hydrogen-bond donors (Lipinski definition) is 1. The van der Waals surface area contributed by atoms with Crippen molar-refractivity contribution in [2.75, 3.05) is 39.3 Å². The molecule has 0 aromatic carbocycles. The molecule has 0 unspecified atom stereocenters. The number of β-amino-alcohol motifs (C(OH)–C–C–N with tert-alkyl or cyclic N) is 1. The Morgan fingerprint density at radius 3 is 2.53 bits per heavy atom. The van der Waals surface area contributed by atoms with E-state index in [4.69, 9.17) is 5.11 Å². The van der Waals surface area contributed by atoms with Gasteiger partial charge in [0.25, 0.3) is 0 Å². The Hall–Kier alpha value is -0.940. The maximum Gasteiger partial charge on any atom is 0.223 e. The summed E-state index contributed by atoms with van der Waals surface area (Å²) >= 11 is 0. The molecule has 1 aliphatic rings. The van der Waals surface area contributed by atoms with Gasteiger partial charge >= 0.3 is 0 Å². The molecule has 5 nitrogen and oxygen atoms in total. The monoisotopic (exact) mass is 242 g/mol. The largest absolute Gasteiger partial charge is 0.395 e. The molecule has 0 aromatic heterocycles. The Morgan fingerprint density at radius 2 is 1.88 bits per heavy atom. The highest BCUT2D eigenvalue weighted by molar-refractivity contribution is 5.83. The molecule has 1 aliphatic heterocycles. The van der Waals surface area contributed by atoms with E-state index in [2.05, 4.69) is 4.90 Å². The van der Waals surface area contributed by atoms with Crippen LogP contribution < -0.4 is 0 Å². The number of carbonyl (C=O) groups excluding carboxylic acids is 2. The zero-order valence-corrected chi connectivity index (χ0v) is 10.5. The second-order valence-corrected chi connectivity index (χ2v) is 4.50. The molecule has 0 bridgehead atoms. The van der Waals surface area contributed by atoms with Crippen LogP contribution in [0.15, 0.2) is 0 Å². The van der Waals surface area contributed by atoms with Crippen molar-refractivity contribution in [1.29, 1.82) is 0 Å². The van der Waals surface area contributed by atoms with Crippen LogP contribution in [0.3, 0.4) is 0 Å². The number of Topliss-reactive ketones (excluding diaryl/α,β-unsaturated/α-hetero) is 1. The predicted molar refractivity (Wildman–Crippen MR) is 64.6 cm³/mol. The number of rotatable bonds is 5. The Balaban J connectivity index is 2.34. The molecule has 17 heavy (non-hydrogen) atoms. The molecule has 1 rings (SSSR count). The maximum atomic E-state index is 11.8. The first-order chi connectivity index (χ1) is 8.13. The van der Waals surface area contributed by atoms with Crippen LogP contribution >= 0.6 is 0 Å². The van der Waals surface area contributed by atoms with Gasteiger partial charge in [-0.15, -0.1) is 0 Å². The number of ketones is 1. The third-order valence-corrected chi connectivity index (χ3v) is 3.05. The molecule has 0 radical (unpaired) electrons. The smallest absolute Gasteiger partial charge is 0.223 e. The average Bonchev–Trinajstić information content (AvgIpc) is 2.52. The van der Waals surface area contributed by atoms with Gasteiger partial charge in [0.1, 0.15) is 5.78 Å². The van der Waals surface area contributed by atoms with Crippen molar-refractivity contribution in [3.63, 3.8) is 0 Å². The summed E-state index contributed by atoms with van der Waals surface area (Å²) in [7, 11) is 0. The van der Waals surface area contributed by atoms with Gasteiger partial charge in [-0.3, -0.25) is 9.69 Å². The molecule has 1 amide bonds. The molecule has 0 atom stereocenters. The van der Waals surface area contributed by atoms with Crippen molar-refractivity contribution < 1.29 is 14.7 Å². The van der Waals surface area contributed by atoms with Crippen LogP contribution in [0.2, 0.25) is 0 Å². The standard InChI is InChI=1S/C12H22N2O3/c1-11(16)3-4-12(17)14-6-2-5-13(7-8-14)9-10-15/h15H,2-10H2,1H3. The first kappa shape index (κ1) is 14.1. The number of carbonyl (C=O) groups is 2. The molecule has 0 aliphatic carbocycles. The van der Waals surface area contributed by atoms with Crippen LogP contribution in [0.1, 0.15) is 26.2 Å². The van der Waals surface area contributed by atoms with Crippen molar-refractivity contribution in [3.8, 4) is 0 Å². The van der Waals surface area contributed by atoms with E-state index in [1.165, 1.54) is 6.92 Å². The summed E-state index contributed by atoms with van der Waals surface area (Å²) in [5.41, 5.74) is 0. The van der Waals surface area contributed by atoms with E-state index in [0.29, 0.717) is 25.9 Å². The molecule has 98 valence electrons. The third-order valence-electron chi connectivity index (χ3n) is 3.05. The first-order valence-corrected chi connectivity index (χ1v) is 6.24. The van der Waals surface area contributed by atoms with Gasteiger partial charge in [-0.1, -0.05) is 0 Å². The van der Waals surface area contributed by atoms with E-state index in [9.17, 15) is 9.59 Å². The fraction of sp³-hybridized carbons (Fsp3) is 0.833. The molecule has 1 N–H and O–H groups in total. The zero-order chi connectivity index (χ0) is 12.7. The zero-order valence-electron chi connectivity index (χ0n) is 10.5. The topological polar surface area (TPSA) is 60.9 Å². The van der Waals surface area contributed by atoms with E-state index < -0.39 is 0 Å². The molecule has 0 aromatic rings. The number of amides is 1. The number of hydrogen-bond acceptors (Lipinski definition) is 4. The maximum absolute atomic E-state index is 11.8. The van der Waals surface area contributed by atoms with Crippen LogP contribution in [0.25, 0.3) is 0 Å². The van der Waals surface area contributed by atoms with Crippen LogP contribution in [0, 0.1) is 0 Å². The number of aliphatic hydroxyl groups excluding tert-OH is 1. The van der Waals surface area contributed by atoms with Crippen molar-refractivity contribution in [2.24, 2.45) is 0 Å². The van der Waals surface area contributed by atoms with E-state index in [1.807, 2.05) is 4.90 Å². The lowest BCUT2D eigenvalue weighted by atomic mass is 10.2. The number of nitrogens with zero attached hydrogens (tertiary/aromatic N) is 2. The lowest BCUT2D eigenvalue weighted by Crippen LogP contribution is -2.35. The Morgan fingerprint density at radius 1 is 1.12 bits per heavy atom. The fourth-order valence-corrected chi connectivity index (χ4v) is 2.03. The molecule has 0 spiro atoms. The summed E-state index contributed by atoms with van der Waals surface area (Å²) in [6, 6.07) is 0. The van der Waals surface area contributed by atoms with Crippen molar-refractivity contribution in [3.05, 3.63) is 0 Å². The summed E-state index contributed by atoms with van der Waals surface area (Å²) in [6.07, 6.45) is 1.61. The Kier molecular flexibility index (Phi) is 6.15. The Bertz CT molecular complexity index is 268. The van der Waals surface area contributed by atoms with Crippen LogP contribution in [0.5, 0.6) is 0 Å². The minimum atomic E-state index is 0.0649. The molecular weight excluding hydrogens is 220 g/mol. The molecule has 5 heteroatoms. The lowest BCUT2D eigenvalue weighted by molar-refractivity contribution is -0.132. The quantitative estimate of drug-likeness (QED) is 0.730. The highest BCUT2D eigenvalue weighted by Crippen LogP contribution is 2.06. The van der Waals surface area contributed by atoms with Crippen LogP contribution in [-0.2, 0) is 9.59 Å². The Labute approximate surface area is 102 Å². The minimum Gasteiger partial charge on any atom is -0.395 e. The van der Waals surface area contributed by atoms with Gasteiger partial charge in [0.2, 0.25) is 5.91 Å². The summed E-state index contributed by atoms with van der Waals surface area (Å²) < 4.78 is 0. The van der Waals surface area contributed by atoms with Gasteiger partial charge < -0.3 is 14.8 Å². The van der Waals surface area contributed by atoms with E-state index in [1.54, 1.807) is 0 Å². The van der Waals surface area contributed by atoms with Gasteiger partial charge in [-0.2, -0.15) is 0 Å². The van der Waals surface area contributed by atoms with Crippen molar-refractivity contribution in [2.45, 2.75) is 26.2 Å². The summed E-state index contributed by atoms with van der Waals surface area (Å²) in [6.45, 7) is 5.56. The highest BCUT2D eigenvalue weighted by Gasteiger charge is 2.18. The summed E-state index contributed by atoms with van der Waals surface area (Å²) in [5.74, 6) is 0.140.